The molecule has 1 N–H and O–H groups in total. The first kappa shape index (κ1) is 14.3. The third-order valence-corrected chi connectivity index (χ3v) is 5.65. The van der Waals surface area contributed by atoms with Gasteiger partial charge >= 0.3 is 0 Å². The van der Waals surface area contributed by atoms with Gasteiger partial charge in [0, 0.05) is 27.8 Å². The number of thiophene rings is 1. The Kier molecular flexibility index (Phi) is 4.28. The van der Waals surface area contributed by atoms with Crippen molar-refractivity contribution in [3.8, 4) is 0 Å². The maximum Gasteiger partial charge on any atom is 0.283 e. The Balaban J connectivity index is 1.73. The second-order valence-corrected chi connectivity index (χ2v) is 7.59. The van der Waals surface area contributed by atoms with E-state index in [9.17, 15) is 4.79 Å². The second kappa shape index (κ2) is 5.99. The molecule has 2 aromatic rings. The Morgan fingerprint density at radius 1 is 1.45 bits per heavy atom. The lowest BCUT2D eigenvalue weighted by Gasteiger charge is -2.09. The van der Waals surface area contributed by atoms with Crippen molar-refractivity contribution >= 4 is 48.9 Å². The molecule has 0 unspecified atom stereocenters. The molecule has 0 atom stereocenters. The van der Waals surface area contributed by atoms with Gasteiger partial charge in [-0.15, -0.1) is 11.3 Å². The normalized spacial score (nSPS) is 14.5. The van der Waals surface area contributed by atoms with Gasteiger partial charge in [0.15, 0.2) is 0 Å². The van der Waals surface area contributed by atoms with Gasteiger partial charge in [-0.2, -0.15) is 5.10 Å². The molecule has 0 saturated heterocycles. The third-order valence-electron chi connectivity index (χ3n) is 3.19. The molecule has 1 saturated carbocycles. The first-order chi connectivity index (χ1) is 9.63. The monoisotopic (exact) mass is 417 g/mol. The Bertz CT molecular complexity index is 678. The molecular formula is C13H13Br2N3OS. The van der Waals surface area contributed by atoms with Gasteiger partial charge in [0.05, 0.1) is 11.9 Å². The van der Waals surface area contributed by atoms with Crippen LogP contribution in [-0.2, 0) is 13.1 Å². The average Bonchev–Trinajstić information content (AvgIpc) is 3.15. The lowest BCUT2D eigenvalue weighted by Crippen LogP contribution is -2.25. The molecule has 4 nitrogen and oxygen atoms in total. The molecular weight excluding hydrogens is 406 g/mol. The van der Waals surface area contributed by atoms with Gasteiger partial charge in [0.1, 0.15) is 4.47 Å². The number of aromatic nitrogens is 2. The van der Waals surface area contributed by atoms with E-state index >= 15 is 0 Å². The summed E-state index contributed by atoms with van der Waals surface area (Å²) in [5.74, 6) is 0.634. The van der Waals surface area contributed by atoms with Crippen LogP contribution in [0.5, 0.6) is 0 Å². The number of nitrogens with one attached hydrogen (secondary N) is 1. The number of hydrogen-bond donors (Lipinski definition) is 1. The Labute approximate surface area is 137 Å². The summed E-state index contributed by atoms with van der Waals surface area (Å²) in [6.07, 6.45) is 4.13. The molecule has 2 heterocycles. The van der Waals surface area contributed by atoms with Crippen molar-refractivity contribution in [3.63, 3.8) is 0 Å². The highest BCUT2D eigenvalue weighted by Gasteiger charge is 2.23. The molecule has 0 bridgehead atoms. The van der Waals surface area contributed by atoms with Crippen LogP contribution in [0, 0.1) is 5.92 Å². The van der Waals surface area contributed by atoms with E-state index in [4.69, 9.17) is 0 Å². The van der Waals surface area contributed by atoms with Crippen molar-refractivity contribution in [3.05, 3.63) is 41.8 Å². The predicted octanol–water partition coefficient (Wildman–Crippen LogP) is 3.85. The van der Waals surface area contributed by atoms with Gasteiger partial charge in [0.25, 0.3) is 5.56 Å². The van der Waals surface area contributed by atoms with Crippen molar-refractivity contribution in [1.82, 2.24) is 9.78 Å². The molecule has 1 aliphatic carbocycles. The molecule has 0 amide bonds. The highest BCUT2D eigenvalue weighted by atomic mass is 79.9. The number of anilines is 1. The van der Waals surface area contributed by atoms with Gasteiger partial charge in [-0.1, -0.05) is 0 Å². The summed E-state index contributed by atoms with van der Waals surface area (Å²) in [6, 6.07) is 2.06. The summed E-state index contributed by atoms with van der Waals surface area (Å²) in [5.41, 5.74) is 0.681. The van der Waals surface area contributed by atoms with E-state index in [-0.39, 0.29) is 5.56 Å². The van der Waals surface area contributed by atoms with E-state index in [1.807, 2.05) is 5.38 Å². The molecule has 1 fully saturated rings. The molecule has 3 rings (SSSR count). The van der Waals surface area contributed by atoms with Crippen LogP contribution in [0.2, 0.25) is 0 Å². The standard InChI is InChI=1S/C13H13Br2N3OS/c14-9-3-10(20-7-9)4-16-11-5-17-18(6-8-1-2-8)13(19)12(11)15/h3,5,7-8,16H,1-2,4,6H2. The Hall–Kier alpha value is -0.660. The first-order valence-corrected chi connectivity index (χ1v) is 8.82. The lowest BCUT2D eigenvalue weighted by molar-refractivity contribution is 0.532. The van der Waals surface area contributed by atoms with E-state index in [2.05, 4.69) is 48.3 Å². The van der Waals surface area contributed by atoms with Crippen LogP contribution < -0.4 is 10.9 Å². The van der Waals surface area contributed by atoms with Gasteiger partial charge < -0.3 is 5.32 Å². The van der Waals surface area contributed by atoms with Gasteiger partial charge in [-0.3, -0.25) is 4.79 Å². The summed E-state index contributed by atoms with van der Waals surface area (Å²) >= 11 is 8.48. The Morgan fingerprint density at radius 2 is 2.25 bits per heavy atom. The Morgan fingerprint density at radius 3 is 2.90 bits per heavy atom. The zero-order valence-corrected chi connectivity index (χ0v) is 14.6. The first-order valence-electron chi connectivity index (χ1n) is 6.36. The topological polar surface area (TPSA) is 46.9 Å². The van der Waals surface area contributed by atoms with Gasteiger partial charge in [-0.25, -0.2) is 4.68 Å². The fraction of sp³-hybridized carbons (Fsp3) is 0.385. The largest absolute Gasteiger partial charge is 0.378 e. The highest BCUT2D eigenvalue weighted by molar-refractivity contribution is 9.10. The van der Waals surface area contributed by atoms with E-state index in [0.29, 0.717) is 16.9 Å². The summed E-state index contributed by atoms with van der Waals surface area (Å²) in [4.78, 5) is 13.4. The summed E-state index contributed by atoms with van der Waals surface area (Å²) < 4.78 is 3.19. The predicted molar refractivity (Wildman–Crippen MR) is 88.3 cm³/mol. The van der Waals surface area contributed by atoms with E-state index in [0.717, 1.165) is 16.7 Å². The SMILES string of the molecule is O=c1c(Br)c(NCc2cc(Br)cs2)cnn1CC1CC1. The second-order valence-electron chi connectivity index (χ2n) is 4.89. The minimum Gasteiger partial charge on any atom is -0.378 e. The summed E-state index contributed by atoms with van der Waals surface area (Å²) in [6.45, 7) is 1.41. The van der Waals surface area contributed by atoms with Crippen molar-refractivity contribution < 1.29 is 0 Å². The van der Waals surface area contributed by atoms with Crippen molar-refractivity contribution in [1.29, 1.82) is 0 Å². The number of halogens is 2. The molecule has 2 aromatic heterocycles. The molecule has 20 heavy (non-hydrogen) atoms. The van der Waals surface area contributed by atoms with E-state index in [1.54, 1.807) is 22.2 Å². The lowest BCUT2D eigenvalue weighted by atomic mass is 10.4. The third kappa shape index (κ3) is 3.32. The van der Waals surface area contributed by atoms with Crippen LogP contribution in [0.15, 0.2) is 31.4 Å². The fourth-order valence-corrected chi connectivity index (χ4v) is 3.73. The van der Waals surface area contributed by atoms with Crippen LogP contribution in [0.1, 0.15) is 17.7 Å². The zero-order valence-electron chi connectivity index (χ0n) is 10.6. The van der Waals surface area contributed by atoms with Crippen LogP contribution in [0.3, 0.4) is 0 Å². The molecule has 0 aliphatic heterocycles. The van der Waals surface area contributed by atoms with E-state index in [1.165, 1.54) is 17.7 Å². The van der Waals surface area contributed by atoms with Crippen molar-refractivity contribution in [2.45, 2.75) is 25.9 Å². The zero-order chi connectivity index (χ0) is 14.1. The van der Waals surface area contributed by atoms with Crippen LogP contribution in [-0.4, -0.2) is 9.78 Å². The minimum atomic E-state index is -0.0609. The smallest absolute Gasteiger partial charge is 0.283 e. The van der Waals surface area contributed by atoms with Crippen LogP contribution in [0.4, 0.5) is 5.69 Å². The quantitative estimate of drug-likeness (QED) is 0.801. The maximum absolute atomic E-state index is 12.2. The number of hydrogen-bond acceptors (Lipinski definition) is 4. The fourth-order valence-electron chi connectivity index (χ4n) is 1.89. The molecule has 7 heteroatoms. The van der Waals surface area contributed by atoms with Crippen LogP contribution in [0.25, 0.3) is 0 Å². The molecule has 0 spiro atoms. The maximum atomic E-state index is 12.2. The van der Waals surface area contributed by atoms with Gasteiger partial charge in [0.2, 0.25) is 0 Å². The molecule has 0 aromatic carbocycles. The summed E-state index contributed by atoms with van der Waals surface area (Å²) in [5, 5.41) is 9.53. The molecule has 106 valence electrons. The van der Waals surface area contributed by atoms with E-state index < -0.39 is 0 Å². The van der Waals surface area contributed by atoms with Crippen molar-refractivity contribution in [2.24, 2.45) is 5.92 Å². The minimum absolute atomic E-state index is 0.0609. The van der Waals surface area contributed by atoms with Crippen LogP contribution >= 0.6 is 43.2 Å². The van der Waals surface area contributed by atoms with Gasteiger partial charge in [-0.05, 0) is 56.7 Å². The molecule has 0 radical (unpaired) electrons. The highest BCUT2D eigenvalue weighted by Crippen LogP contribution is 2.30. The average molecular weight is 419 g/mol. The number of rotatable bonds is 5. The van der Waals surface area contributed by atoms with Crippen molar-refractivity contribution in [2.75, 3.05) is 5.32 Å². The molecule has 1 aliphatic rings. The number of nitrogens with zero attached hydrogens (tertiary/aromatic N) is 2. The summed E-state index contributed by atoms with van der Waals surface area (Å²) in [7, 11) is 0.